The zero-order valence-corrected chi connectivity index (χ0v) is 18.0. The van der Waals surface area contributed by atoms with Gasteiger partial charge in [-0.25, -0.2) is 9.97 Å². The van der Waals surface area contributed by atoms with Crippen LogP contribution in [0.25, 0.3) is 22.2 Å². The maximum atomic E-state index is 13.7. The fourth-order valence-corrected chi connectivity index (χ4v) is 4.26. The van der Waals surface area contributed by atoms with Gasteiger partial charge in [-0.1, -0.05) is 26.0 Å². The van der Waals surface area contributed by atoms with Gasteiger partial charge in [0.1, 0.15) is 12.7 Å². The van der Waals surface area contributed by atoms with Crippen LogP contribution in [0.3, 0.4) is 0 Å². The fraction of sp³-hybridized carbons (Fsp3) is 0.400. The number of halogens is 3. The Balaban J connectivity index is 2.14. The van der Waals surface area contributed by atoms with Gasteiger partial charge in [0.05, 0.1) is 17.3 Å². The average Bonchev–Trinajstić information content (AvgIpc) is 3.08. The van der Waals surface area contributed by atoms with E-state index in [4.69, 9.17) is 0 Å². The molecule has 2 aromatic heterocycles. The Morgan fingerprint density at radius 3 is 2.57 bits per heavy atom. The first-order valence-corrected chi connectivity index (χ1v) is 12.0. The molecule has 0 aliphatic rings. The van der Waals surface area contributed by atoms with E-state index in [1.54, 1.807) is 31.5 Å². The van der Waals surface area contributed by atoms with Crippen molar-refractivity contribution >= 4 is 29.3 Å². The lowest BCUT2D eigenvalue weighted by Gasteiger charge is -2.17. The quantitative estimate of drug-likeness (QED) is 0.497. The molecule has 0 saturated carbocycles. The molecule has 3 aromatic rings. The highest BCUT2D eigenvalue weighted by atomic mass is 31.2. The lowest BCUT2D eigenvalue weighted by Crippen LogP contribution is -2.25. The Morgan fingerprint density at radius 1 is 1.27 bits per heavy atom. The fourth-order valence-electron chi connectivity index (χ4n) is 3.09. The third-order valence-corrected chi connectivity index (χ3v) is 6.39. The van der Waals surface area contributed by atoms with Gasteiger partial charge in [0.25, 0.3) is 0 Å². The van der Waals surface area contributed by atoms with Crippen molar-refractivity contribution in [3.8, 4) is 11.3 Å². The van der Waals surface area contributed by atoms with Crippen molar-refractivity contribution in [2.45, 2.75) is 26.1 Å². The summed E-state index contributed by atoms with van der Waals surface area (Å²) in [6, 6.07) is 5.04. The molecular weight excluding hydrogens is 416 g/mol. The predicted octanol–water partition coefficient (Wildman–Crippen LogP) is 4.32. The second-order valence-electron chi connectivity index (χ2n) is 7.90. The molecule has 1 aromatic carbocycles. The minimum atomic E-state index is -4.66. The average molecular weight is 440 g/mol. The van der Waals surface area contributed by atoms with E-state index >= 15 is 0 Å². The zero-order valence-electron chi connectivity index (χ0n) is 17.1. The van der Waals surface area contributed by atoms with Crippen molar-refractivity contribution in [2.24, 2.45) is 5.92 Å². The normalized spacial score (nSPS) is 13.8. The Hall–Kier alpha value is -2.38. The first kappa shape index (κ1) is 22.3. The number of nitrogens with one attached hydrogen (secondary N) is 2. The van der Waals surface area contributed by atoms with Crippen molar-refractivity contribution < 1.29 is 22.8 Å². The Bertz CT molecular complexity index is 1110. The summed E-state index contributed by atoms with van der Waals surface area (Å²) in [5.74, 6) is -0.0444. The third-order valence-electron chi connectivity index (χ3n) is 4.86. The molecule has 2 heterocycles. The first-order valence-electron chi connectivity index (χ1n) is 9.41. The van der Waals surface area contributed by atoms with E-state index in [0.29, 0.717) is 16.2 Å². The molecule has 0 aliphatic heterocycles. The van der Waals surface area contributed by atoms with Crippen molar-refractivity contribution in [1.29, 1.82) is 0 Å². The number of hydrogen-bond acceptors (Lipinski definition) is 5. The summed E-state index contributed by atoms with van der Waals surface area (Å²) in [6.45, 7) is 6.98. The largest absolute Gasteiger partial charge is 0.419 e. The summed E-state index contributed by atoms with van der Waals surface area (Å²) in [4.78, 5) is 10.9. The van der Waals surface area contributed by atoms with Crippen LogP contribution >= 0.6 is 7.14 Å². The van der Waals surface area contributed by atoms with Crippen molar-refractivity contribution in [3.05, 3.63) is 36.2 Å². The van der Waals surface area contributed by atoms with Crippen molar-refractivity contribution in [1.82, 2.24) is 15.0 Å². The van der Waals surface area contributed by atoms with E-state index in [0.717, 1.165) is 6.20 Å². The Morgan fingerprint density at radius 2 is 1.97 bits per heavy atom. The summed E-state index contributed by atoms with van der Waals surface area (Å²) < 4.78 is 53.6. The maximum Gasteiger partial charge on any atom is 0.419 e. The van der Waals surface area contributed by atoms with E-state index < -0.39 is 25.0 Å². The first-order chi connectivity index (χ1) is 13.9. The SMILES string of the molecule is CC(C)C(O)CNc1ncc(C(F)(F)F)c(-c2c[nH]c3c(P(C)(C)=O)cccc23)n1. The minimum absolute atomic E-state index is 0.0140. The van der Waals surface area contributed by atoms with Crippen LogP contribution in [0.4, 0.5) is 19.1 Å². The highest BCUT2D eigenvalue weighted by Gasteiger charge is 2.36. The number of fused-ring (bicyclic) bond motifs is 1. The molecule has 3 rings (SSSR count). The number of alkyl halides is 3. The molecule has 0 fully saturated rings. The second kappa shape index (κ2) is 8.04. The van der Waals surface area contributed by atoms with Gasteiger partial charge in [0, 0.05) is 35.2 Å². The molecule has 6 nitrogen and oxygen atoms in total. The molecule has 0 spiro atoms. The Kier molecular flexibility index (Phi) is 5.98. The summed E-state index contributed by atoms with van der Waals surface area (Å²) in [7, 11) is -2.65. The van der Waals surface area contributed by atoms with Crippen LogP contribution in [0.15, 0.2) is 30.6 Å². The van der Waals surface area contributed by atoms with Gasteiger partial charge in [-0.15, -0.1) is 0 Å². The summed E-state index contributed by atoms with van der Waals surface area (Å²) in [5, 5.41) is 13.8. The number of aromatic amines is 1. The van der Waals surface area contributed by atoms with E-state index in [-0.39, 0.29) is 29.7 Å². The van der Waals surface area contributed by atoms with Crippen LogP contribution in [0.1, 0.15) is 19.4 Å². The molecule has 10 heteroatoms. The van der Waals surface area contributed by atoms with Crippen LogP contribution < -0.4 is 10.6 Å². The number of aliphatic hydroxyl groups excluding tert-OH is 1. The van der Waals surface area contributed by atoms with Gasteiger partial charge in [-0.05, 0) is 25.3 Å². The van der Waals surface area contributed by atoms with Crippen LogP contribution in [0.2, 0.25) is 0 Å². The number of para-hydroxylation sites is 1. The van der Waals surface area contributed by atoms with E-state index in [1.807, 2.05) is 13.8 Å². The molecule has 3 N–H and O–H groups in total. The predicted molar refractivity (Wildman–Crippen MR) is 113 cm³/mol. The van der Waals surface area contributed by atoms with Gasteiger partial charge in [-0.2, -0.15) is 13.2 Å². The number of aliphatic hydroxyl groups is 1. The third kappa shape index (κ3) is 4.52. The van der Waals surface area contributed by atoms with Crippen LogP contribution in [0, 0.1) is 5.92 Å². The van der Waals surface area contributed by atoms with Gasteiger partial charge < -0.3 is 20.0 Å². The van der Waals surface area contributed by atoms with Crippen molar-refractivity contribution in [2.75, 3.05) is 25.2 Å². The highest BCUT2D eigenvalue weighted by Crippen LogP contribution is 2.41. The van der Waals surface area contributed by atoms with E-state index in [2.05, 4.69) is 20.3 Å². The molecule has 1 atom stereocenters. The van der Waals surface area contributed by atoms with E-state index in [9.17, 15) is 22.8 Å². The van der Waals surface area contributed by atoms with Gasteiger partial charge in [-0.3, -0.25) is 0 Å². The number of aromatic nitrogens is 3. The standard InChI is InChI=1S/C20H24F3N4O2P/c1-11(2)15(28)10-26-19-25-9-14(20(21,22)23)17(27-19)13-8-24-18-12(13)6-5-7-16(18)30(3,4)29/h5-9,11,15,24,28H,10H2,1-4H3,(H,25,26,27). The van der Waals surface area contributed by atoms with Crippen molar-refractivity contribution in [3.63, 3.8) is 0 Å². The minimum Gasteiger partial charge on any atom is -0.391 e. The van der Waals surface area contributed by atoms with Gasteiger partial charge >= 0.3 is 6.18 Å². The summed E-state index contributed by atoms with van der Waals surface area (Å²) in [6.07, 6.45) is -3.18. The number of anilines is 1. The highest BCUT2D eigenvalue weighted by molar-refractivity contribution is 7.70. The van der Waals surface area contributed by atoms with Gasteiger partial charge in [0.15, 0.2) is 0 Å². The molecule has 0 amide bonds. The van der Waals surface area contributed by atoms with Crippen LogP contribution in [-0.4, -0.2) is 46.0 Å². The summed E-state index contributed by atoms with van der Waals surface area (Å²) in [5.41, 5.74) is -0.496. The summed E-state index contributed by atoms with van der Waals surface area (Å²) >= 11 is 0. The second-order valence-corrected chi connectivity index (χ2v) is 11.1. The molecule has 30 heavy (non-hydrogen) atoms. The molecule has 0 saturated heterocycles. The molecule has 162 valence electrons. The number of benzene rings is 1. The number of rotatable bonds is 6. The topological polar surface area (TPSA) is 90.9 Å². The molecule has 1 unspecified atom stereocenters. The number of nitrogens with zero attached hydrogens (tertiary/aromatic N) is 2. The van der Waals surface area contributed by atoms with Crippen LogP contribution in [0.5, 0.6) is 0 Å². The monoisotopic (exact) mass is 440 g/mol. The maximum absolute atomic E-state index is 13.7. The lowest BCUT2D eigenvalue weighted by molar-refractivity contribution is -0.137. The smallest absolute Gasteiger partial charge is 0.391 e. The molecular formula is C20H24F3N4O2P. The zero-order chi connectivity index (χ0) is 22.3. The lowest BCUT2D eigenvalue weighted by atomic mass is 10.1. The number of H-pyrrole nitrogens is 1. The molecule has 0 radical (unpaired) electrons. The van der Waals surface area contributed by atoms with Gasteiger partial charge in [0.2, 0.25) is 5.95 Å². The molecule has 0 bridgehead atoms. The number of hydrogen-bond donors (Lipinski definition) is 3. The van der Waals surface area contributed by atoms with Crippen LogP contribution in [-0.2, 0) is 10.7 Å². The molecule has 0 aliphatic carbocycles. The van der Waals surface area contributed by atoms with E-state index in [1.165, 1.54) is 6.20 Å². The Labute approximate surface area is 172 Å².